The number of hydrogen-bond acceptors (Lipinski definition) is 3. The first kappa shape index (κ1) is 8.33. The van der Waals surface area contributed by atoms with Gasteiger partial charge < -0.3 is 15.0 Å². The van der Waals surface area contributed by atoms with Crippen LogP contribution in [0.4, 0.5) is 4.79 Å². The Morgan fingerprint density at radius 1 is 1.73 bits per heavy atom. The van der Waals surface area contributed by atoms with Crippen molar-refractivity contribution >= 4 is 6.09 Å². The number of ether oxygens (including phenoxy) is 1. The third-order valence-electron chi connectivity index (χ3n) is 1.65. The van der Waals surface area contributed by atoms with E-state index in [-0.39, 0.29) is 12.2 Å². The minimum atomic E-state index is -0.284. The summed E-state index contributed by atoms with van der Waals surface area (Å²) in [5, 5.41) is 2.61. The third kappa shape index (κ3) is 2.76. The summed E-state index contributed by atoms with van der Waals surface area (Å²) in [6.07, 6.45) is 0.699. The molecule has 64 valence electrons. The first-order chi connectivity index (χ1) is 5.18. The molecule has 1 unspecified atom stereocenters. The van der Waals surface area contributed by atoms with Crippen LogP contribution in [0, 0.1) is 0 Å². The van der Waals surface area contributed by atoms with Crippen LogP contribution in [0.5, 0.6) is 0 Å². The number of alkyl carbamates (subject to hydrolysis) is 1. The summed E-state index contributed by atoms with van der Waals surface area (Å²) >= 11 is 0. The summed E-state index contributed by atoms with van der Waals surface area (Å²) in [5.74, 6) is 0. The van der Waals surface area contributed by atoms with Gasteiger partial charge >= 0.3 is 6.09 Å². The highest BCUT2D eigenvalue weighted by atomic mass is 16.6. The standard InChI is InChI=1S/C7H14N2O2/c1-9(2)4-3-6-5-8-7(10)11-6/h6H,3-5H2,1-2H3,(H,8,10). The van der Waals surface area contributed by atoms with Crippen LogP contribution in [0.1, 0.15) is 6.42 Å². The van der Waals surface area contributed by atoms with Crippen LogP contribution in [0.2, 0.25) is 0 Å². The Labute approximate surface area is 66.5 Å². The van der Waals surface area contributed by atoms with Gasteiger partial charge in [0.05, 0.1) is 6.54 Å². The van der Waals surface area contributed by atoms with Crippen LogP contribution in [0.25, 0.3) is 0 Å². The van der Waals surface area contributed by atoms with Gasteiger partial charge in [-0.2, -0.15) is 0 Å². The molecule has 1 N–H and O–H groups in total. The van der Waals surface area contributed by atoms with Crippen molar-refractivity contribution in [1.29, 1.82) is 0 Å². The Balaban J connectivity index is 2.13. The topological polar surface area (TPSA) is 41.6 Å². The van der Waals surface area contributed by atoms with E-state index in [1.165, 1.54) is 0 Å². The van der Waals surface area contributed by atoms with Crippen molar-refractivity contribution in [2.75, 3.05) is 27.2 Å². The molecule has 0 aromatic carbocycles. The van der Waals surface area contributed by atoms with E-state index >= 15 is 0 Å². The van der Waals surface area contributed by atoms with E-state index < -0.39 is 0 Å². The van der Waals surface area contributed by atoms with Gasteiger partial charge in [0.25, 0.3) is 0 Å². The van der Waals surface area contributed by atoms with Crippen LogP contribution in [0.15, 0.2) is 0 Å². The Morgan fingerprint density at radius 2 is 2.45 bits per heavy atom. The second kappa shape index (κ2) is 3.57. The molecule has 0 saturated carbocycles. The quantitative estimate of drug-likeness (QED) is 0.631. The Morgan fingerprint density at radius 3 is 2.91 bits per heavy atom. The van der Waals surface area contributed by atoms with Crippen LogP contribution in [-0.2, 0) is 4.74 Å². The molecule has 0 aromatic rings. The van der Waals surface area contributed by atoms with E-state index in [9.17, 15) is 4.79 Å². The molecule has 0 aliphatic carbocycles. The zero-order valence-corrected chi connectivity index (χ0v) is 6.96. The van der Waals surface area contributed by atoms with Crippen molar-refractivity contribution in [1.82, 2.24) is 10.2 Å². The lowest BCUT2D eigenvalue weighted by atomic mass is 10.2. The molecule has 1 aliphatic rings. The van der Waals surface area contributed by atoms with Crippen molar-refractivity contribution in [2.24, 2.45) is 0 Å². The van der Waals surface area contributed by atoms with Gasteiger partial charge in [0.2, 0.25) is 0 Å². The molecule has 0 aromatic heterocycles. The van der Waals surface area contributed by atoms with Gasteiger partial charge in [-0.25, -0.2) is 4.79 Å². The molecule has 0 spiro atoms. The zero-order chi connectivity index (χ0) is 8.27. The lowest BCUT2D eigenvalue weighted by Crippen LogP contribution is -2.21. The molecule has 1 rings (SSSR count). The predicted octanol–water partition coefficient (Wildman–Crippen LogP) is 0.0465. The van der Waals surface area contributed by atoms with E-state index in [1.54, 1.807) is 0 Å². The summed E-state index contributed by atoms with van der Waals surface area (Å²) in [6.45, 7) is 1.62. The summed E-state index contributed by atoms with van der Waals surface area (Å²) in [5.41, 5.74) is 0. The molecule has 1 aliphatic heterocycles. The smallest absolute Gasteiger partial charge is 0.407 e. The monoisotopic (exact) mass is 158 g/mol. The van der Waals surface area contributed by atoms with Crippen LogP contribution in [-0.4, -0.2) is 44.3 Å². The Kier molecular flexibility index (Phi) is 2.70. The molecule has 0 radical (unpaired) electrons. The second-order valence-corrected chi connectivity index (χ2v) is 3.00. The summed E-state index contributed by atoms with van der Waals surface area (Å²) in [7, 11) is 4.01. The van der Waals surface area contributed by atoms with Crippen molar-refractivity contribution in [3.05, 3.63) is 0 Å². The van der Waals surface area contributed by atoms with Gasteiger partial charge in [-0.15, -0.1) is 0 Å². The van der Waals surface area contributed by atoms with E-state index in [0.717, 1.165) is 13.0 Å². The van der Waals surface area contributed by atoms with Gasteiger partial charge in [-0.05, 0) is 20.5 Å². The fourth-order valence-corrected chi connectivity index (χ4v) is 0.995. The molecule has 1 fully saturated rings. The number of nitrogens with zero attached hydrogens (tertiary/aromatic N) is 1. The lowest BCUT2D eigenvalue weighted by molar-refractivity contribution is 0.130. The second-order valence-electron chi connectivity index (χ2n) is 3.00. The maximum Gasteiger partial charge on any atom is 0.407 e. The number of carbonyl (C=O) groups excluding carboxylic acids is 1. The number of rotatable bonds is 3. The molecule has 1 heterocycles. The number of nitrogens with one attached hydrogen (secondary N) is 1. The molecule has 1 saturated heterocycles. The number of cyclic esters (lactones) is 1. The lowest BCUT2D eigenvalue weighted by Gasteiger charge is -2.11. The van der Waals surface area contributed by atoms with Crippen molar-refractivity contribution in [3.63, 3.8) is 0 Å². The fourth-order valence-electron chi connectivity index (χ4n) is 0.995. The molecule has 1 atom stereocenters. The predicted molar refractivity (Wildman–Crippen MR) is 41.4 cm³/mol. The van der Waals surface area contributed by atoms with E-state index in [1.807, 2.05) is 14.1 Å². The van der Waals surface area contributed by atoms with Gasteiger partial charge in [-0.1, -0.05) is 0 Å². The SMILES string of the molecule is CN(C)CCC1CNC(=O)O1. The molecule has 11 heavy (non-hydrogen) atoms. The molecular formula is C7H14N2O2. The maximum absolute atomic E-state index is 10.6. The molecular weight excluding hydrogens is 144 g/mol. The average molecular weight is 158 g/mol. The first-order valence-electron chi connectivity index (χ1n) is 3.77. The van der Waals surface area contributed by atoms with Gasteiger partial charge in [0, 0.05) is 6.54 Å². The maximum atomic E-state index is 10.6. The minimum Gasteiger partial charge on any atom is -0.444 e. The van der Waals surface area contributed by atoms with Crippen molar-refractivity contribution in [2.45, 2.75) is 12.5 Å². The minimum absolute atomic E-state index is 0.0740. The molecule has 0 bridgehead atoms. The highest BCUT2D eigenvalue weighted by molar-refractivity contribution is 5.69. The molecule has 4 nitrogen and oxygen atoms in total. The van der Waals surface area contributed by atoms with Crippen LogP contribution < -0.4 is 5.32 Å². The number of amides is 1. The van der Waals surface area contributed by atoms with Gasteiger partial charge in [-0.3, -0.25) is 0 Å². The average Bonchev–Trinajstić information content (AvgIpc) is 2.31. The fraction of sp³-hybridized carbons (Fsp3) is 0.857. The summed E-state index contributed by atoms with van der Waals surface area (Å²) < 4.78 is 4.94. The highest BCUT2D eigenvalue weighted by Gasteiger charge is 2.21. The van der Waals surface area contributed by atoms with Crippen LogP contribution >= 0.6 is 0 Å². The zero-order valence-electron chi connectivity index (χ0n) is 6.96. The van der Waals surface area contributed by atoms with Crippen molar-refractivity contribution < 1.29 is 9.53 Å². The Bertz CT molecular complexity index is 147. The van der Waals surface area contributed by atoms with Gasteiger partial charge in [0.15, 0.2) is 0 Å². The summed E-state index contributed by atoms with van der Waals surface area (Å²) in [6, 6.07) is 0. The normalized spacial score (nSPS) is 23.5. The number of carbonyl (C=O) groups is 1. The van der Waals surface area contributed by atoms with Gasteiger partial charge in [0.1, 0.15) is 6.10 Å². The van der Waals surface area contributed by atoms with E-state index in [2.05, 4.69) is 10.2 Å². The summed E-state index contributed by atoms with van der Waals surface area (Å²) in [4.78, 5) is 12.6. The van der Waals surface area contributed by atoms with Crippen LogP contribution in [0.3, 0.4) is 0 Å². The van der Waals surface area contributed by atoms with E-state index in [0.29, 0.717) is 6.54 Å². The van der Waals surface area contributed by atoms with E-state index in [4.69, 9.17) is 4.74 Å². The largest absolute Gasteiger partial charge is 0.444 e. The van der Waals surface area contributed by atoms with Crippen molar-refractivity contribution in [3.8, 4) is 0 Å². The Hall–Kier alpha value is -0.770. The third-order valence-corrected chi connectivity index (χ3v) is 1.65. The molecule has 4 heteroatoms. The first-order valence-corrected chi connectivity index (χ1v) is 3.77. The number of hydrogen-bond donors (Lipinski definition) is 1. The highest BCUT2D eigenvalue weighted by Crippen LogP contribution is 2.04. The molecule has 1 amide bonds.